The maximum Gasteiger partial charge on any atom is 0.256 e. The molecule has 1 fully saturated rings. The second-order valence-electron chi connectivity index (χ2n) is 7.96. The third-order valence-corrected chi connectivity index (χ3v) is 6.12. The summed E-state index contributed by atoms with van der Waals surface area (Å²) < 4.78 is 0. The number of hydrogen-bond donors (Lipinski definition) is 2. The maximum atomic E-state index is 13.5. The maximum absolute atomic E-state index is 13.5. The van der Waals surface area contributed by atoms with E-state index in [9.17, 15) is 9.59 Å². The van der Waals surface area contributed by atoms with Crippen molar-refractivity contribution in [1.82, 2.24) is 9.88 Å². The molecule has 1 aromatic heterocycles. The number of amides is 2. The summed E-state index contributed by atoms with van der Waals surface area (Å²) in [5.41, 5.74) is 7.76. The first-order valence-corrected chi connectivity index (χ1v) is 10.5. The minimum absolute atomic E-state index is 0.147. The van der Waals surface area contributed by atoms with Crippen molar-refractivity contribution in [3.05, 3.63) is 58.9 Å². The van der Waals surface area contributed by atoms with E-state index in [2.05, 4.69) is 10.3 Å². The number of benzene rings is 1. The number of anilines is 1. The van der Waals surface area contributed by atoms with E-state index in [0.717, 1.165) is 31.4 Å². The van der Waals surface area contributed by atoms with Gasteiger partial charge in [0.25, 0.3) is 5.91 Å². The lowest BCUT2D eigenvalue weighted by molar-refractivity contribution is -0.120. The summed E-state index contributed by atoms with van der Waals surface area (Å²) in [5, 5.41) is 3.38. The quantitative estimate of drug-likeness (QED) is 0.806. The van der Waals surface area contributed by atoms with Gasteiger partial charge in [-0.15, -0.1) is 0 Å². The number of carbonyl (C=O) groups is 2. The Labute approximate surface area is 175 Å². The van der Waals surface area contributed by atoms with E-state index in [1.807, 2.05) is 18.2 Å². The van der Waals surface area contributed by atoms with Crippen LogP contribution in [-0.2, 0) is 11.2 Å². The van der Waals surface area contributed by atoms with Gasteiger partial charge in [-0.25, -0.2) is 0 Å². The molecule has 1 aliphatic carbocycles. The number of nitrogens with one attached hydrogen (secondary N) is 1. The van der Waals surface area contributed by atoms with Crippen molar-refractivity contribution in [2.75, 3.05) is 11.9 Å². The van der Waals surface area contributed by atoms with E-state index in [1.54, 1.807) is 29.3 Å². The number of rotatable bonds is 4. The molecular formula is C22H25ClN4O2. The van der Waals surface area contributed by atoms with Gasteiger partial charge in [-0.05, 0) is 61.9 Å². The van der Waals surface area contributed by atoms with Gasteiger partial charge in [0.15, 0.2) is 0 Å². The lowest BCUT2D eigenvalue weighted by Crippen LogP contribution is -2.49. The standard InChI is InChI=1S/C22H25ClN4O2/c23-15-6-9-18-19(11-15)26-21(28)20(12-17-3-1-2-10-25-17)27(22(18)29)13-14-4-7-16(24)8-5-14/h1-3,6,9-11,14,16,20H,4-5,7-8,12-13,24H2,(H,26,28)/t14?,16?,20-/m1/s1. The Balaban J connectivity index is 1.66. The van der Waals surface area contributed by atoms with Crippen LogP contribution >= 0.6 is 11.6 Å². The first-order chi connectivity index (χ1) is 14.0. The van der Waals surface area contributed by atoms with Gasteiger partial charge in [0.2, 0.25) is 5.91 Å². The highest BCUT2D eigenvalue weighted by atomic mass is 35.5. The molecule has 0 radical (unpaired) electrons. The molecule has 0 spiro atoms. The van der Waals surface area contributed by atoms with Crippen molar-refractivity contribution in [3.8, 4) is 0 Å². The van der Waals surface area contributed by atoms with Gasteiger partial charge in [0.1, 0.15) is 6.04 Å². The monoisotopic (exact) mass is 412 g/mol. The lowest BCUT2D eigenvalue weighted by atomic mass is 9.85. The van der Waals surface area contributed by atoms with Crippen LogP contribution in [0.15, 0.2) is 42.6 Å². The Morgan fingerprint density at radius 1 is 1.14 bits per heavy atom. The van der Waals surface area contributed by atoms with Crippen LogP contribution in [0.25, 0.3) is 0 Å². The van der Waals surface area contributed by atoms with E-state index in [0.29, 0.717) is 35.2 Å². The van der Waals surface area contributed by atoms with Crippen LogP contribution < -0.4 is 11.1 Å². The van der Waals surface area contributed by atoms with Gasteiger partial charge in [0, 0.05) is 35.9 Å². The number of halogens is 1. The predicted molar refractivity (Wildman–Crippen MR) is 113 cm³/mol. The molecule has 29 heavy (non-hydrogen) atoms. The zero-order chi connectivity index (χ0) is 20.4. The van der Waals surface area contributed by atoms with Crippen LogP contribution in [0.1, 0.15) is 41.7 Å². The number of nitrogens with zero attached hydrogens (tertiary/aromatic N) is 2. The van der Waals surface area contributed by atoms with Gasteiger partial charge in [-0.2, -0.15) is 0 Å². The SMILES string of the molecule is NC1CCC(CN2C(=O)c3ccc(Cl)cc3NC(=O)[C@H]2Cc2ccccn2)CC1. The minimum atomic E-state index is -0.626. The summed E-state index contributed by atoms with van der Waals surface area (Å²) in [5.74, 6) is -0.0185. The molecule has 0 bridgehead atoms. The van der Waals surface area contributed by atoms with E-state index >= 15 is 0 Å². The molecule has 4 rings (SSSR count). The van der Waals surface area contributed by atoms with E-state index in [1.165, 1.54) is 0 Å². The number of pyridine rings is 1. The molecular weight excluding hydrogens is 388 g/mol. The first kappa shape index (κ1) is 19.9. The minimum Gasteiger partial charge on any atom is -0.328 e. The van der Waals surface area contributed by atoms with E-state index < -0.39 is 6.04 Å². The molecule has 2 aromatic rings. The first-order valence-electron chi connectivity index (χ1n) is 10.1. The molecule has 0 saturated heterocycles. The third kappa shape index (κ3) is 4.43. The van der Waals surface area contributed by atoms with Gasteiger partial charge in [0.05, 0.1) is 11.3 Å². The van der Waals surface area contributed by atoms with Crippen LogP contribution in [-0.4, -0.2) is 40.3 Å². The third-order valence-electron chi connectivity index (χ3n) is 5.88. The zero-order valence-corrected chi connectivity index (χ0v) is 16.9. The van der Waals surface area contributed by atoms with Crippen molar-refractivity contribution >= 4 is 29.1 Å². The molecule has 3 N–H and O–H groups in total. The fourth-order valence-electron chi connectivity index (χ4n) is 4.24. The fraction of sp³-hybridized carbons (Fsp3) is 0.409. The summed E-state index contributed by atoms with van der Waals surface area (Å²) in [6.07, 6.45) is 5.91. The Kier molecular flexibility index (Phi) is 5.83. The van der Waals surface area contributed by atoms with Gasteiger partial charge in [-0.3, -0.25) is 14.6 Å². The molecule has 2 heterocycles. The molecule has 2 amide bonds. The molecule has 1 saturated carbocycles. The molecule has 2 aliphatic rings. The summed E-state index contributed by atoms with van der Waals surface area (Å²) in [7, 11) is 0. The molecule has 1 atom stereocenters. The molecule has 6 nitrogen and oxygen atoms in total. The highest BCUT2D eigenvalue weighted by molar-refractivity contribution is 6.31. The molecule has 0 unspecified atom stereocenters. The molecule has 1 aromatic carbocycles. The predicted octanol–water partition coefficient (Wildman–Crippen LogP) is 3.26. The van der Waals surface area contributed by atoms with E-state index in [-0.39, 0.29) is 17.9 Å². The van der Waals surface area contributed by atoms with Crippen LogP contribution in [0.4, 0.5) is 5.69 Å². The number of carbonyl (C=O) groups excluding carboxylic acids is 2. The second-order valence-corrected chi connectivity index (χ2v) is 8.39. The summed E-state index contributed by atoms with van der Waals surface area (Å²) in [6.45, 7) is 0.540. The number of nitrogens with two attached hydrogens (primary N) is 1. The Morgan fingerprint density at radius 3 is 2.66 bits per heavy atom. The number of hydrogen-bond acceptors (Lipinski definition) is 4. The number of aromatic nitrogens is 1. The largest absolute Gasteiger partial charge is 0.328 e. The smallest absolute Gasteiger partial charge is 0.256 e. The highest BCUT2D eigenvalue weighted by Gasteiger charge is 2.37. The molecule has 1 aliphatic heterocycles. The Morgan fingerprint density at radius 2 is 1.93 bits per heavy atom. The van der Waals surface area contributed by atoms with Gasteiger partial charge >= 0.3 is 0 Å². The lowest BCUT2D eigenvalue weighted by Gasteiger charge is -2.34. The summed E-state index contributed by atoms with van der Waals surface area (Å²) in [6, 6.07) is 10.2. The molecule has 152 valence electrons. The van der Waals surface area contributed by atoms with Crippen LogP contribution in [0.3, 0.4) is 0 Å². The Bertz CT molecular complexity index is 897. The zero-order valence-electron chi connectivity index (χ0n) is 16.2. The van der Waals surface area contributed by atoms with Crippen LogP contribution in [0.5, 0.6) is 0 Å². The van der Waals surface area contributed by atoms with Crippen molar-refractivity contribution in [3.63, 3.8) is 0 Å². The van der Waals surface area contributed by atoms with Crippen LogP contribution in [0.2, 0.25) is 5.02 Å². The van der Waals surface area contributed by atoms with E-state index in [4.69, 9.17) is 17.3 Å². The van der Waals surface area contributed by atoms with Crippen molar-refractivity contribution < 1.29 is 9.59 Å². The Hall–Kier alpha value is -2.44. The average Bonchev–Trinajstić information content (AvgIpc) is 2.80. The van der Waals surface area contributed by atoms with Gasteiger partial charge < -0.3 is 16.0 Å². The summed E-state index contributed by atoms with van der Waals surface area (Å²) >= 11 is 6.10. The highest BCUT2D eigenvalue weighted by Crippen LogP contribution is 2.30. The van der Waals surface area contributed by atoms with Crippen molar-refractivity contribution in [2.24, 2.45) is 11.7 Å². The second kappa shape index (κ2) is 8.51. The fourth-order valence-corrected chi connectivity index (χ4v) is 4.41. The van der Waals surface area contributed by atoms with Crippen molar-refractivity contribution in [1.29, 1.82) is 0 Å². The topological polar surface area (TPSA) is 88.3 Å². The van der Waals surface area contributed by atoms with Crippen LogP contribution in [0, 0.1) is 5.92 Å². The normalized spacial score (nSPS) is 24.6. The average molecular weight is 413 g/mol. The van der Waals surface area contributed by atoms with Gasteiger partial charge in [-0.1, -0.05) is 17.7 Å². The van der Waals surface area contributed by atoms with Crippen molar-refractivity contribution in [2.45, 2.75) is 44.2 Å². The molecule has 7 heteroatoms. The number of fused-ring (bicyclic) bond motifs is 1. The summed E-state index contributed by atoms with van der Waals surface area (Å²) in [4.78, 5) is 32.7.